The Balaban J connectivity index is 1.93. The van der Waals surface area contributed by atoms with E-state index in [2.05, 4.69) is 18.0 Å². The lowest BCUT2D eigenvalue weighted by molar-refractivity contribution is -0.156. The lowest BCUT2D eigenvalue weighted by Gasteiger charge is -2.36. The van der Waals surface area contributed by atoms with Crippen LogP contribution in [0.3, 0.4) is 0 Å². The van der Waals surface area contributed by atoms with Gasteiger partial charge < -0.3 is 20.7 Å². The Bertz CT molecular complexity index is 1140. The molecule has 8 heteroatoms. The van der Waals surface area contributed by atoms with Crippen LogP contribution in [-0.4, -0.2) is 39.2 Å². The van der Waals surface area contributed by atoms with Crippen molar-refractivity contribution in [1.82, 2.24) is 4.98 Å². The summed E-state index contributed by atoms with van der Waals surface area (Å²) in [5.74, 6) is -1.41. The number of esters is 1. The first-order valence-electron chi connectivity index (χ1n) is 13.8. The number of nitrogens with zero attached hydrogens (tertiary/aromatic N) is 1. The van der Waals surface area contributed by atoms with Crippen LogP contribution >= 0.6 is 11.3 Å². The SMILES string of the molecule is CCCC1C(=O)C(C)(C)C(O)CC(=O)OC(c2ccc3sc(CN)nc3c2)C/C=C(/C)CCCC(C)C1O. The highest BCUT2D eigenvalue weighted by Crippen LogP contribution is 2.35. The second-order valence-electron chi connectivity index (χ2n) is 11.4. The van der Waals surface area contributed by atoms with Gasteiger partial charge in [0, 0.05) is 18.9 Å². The molecule has 1 aromatic carbocycles. The molecule has 0 amide bonds. The molecule has 0 radical (unpaired) electrons. The van der Waals surface area contributed by atoms with Crippen molar-refractivity contribution in [3.8, 4) is 0 Å². The number of thiazole rings is 1. The number of carbonyl (C=O) groups is 2. The average molecular weight is 545 g/mol. The highest BCUT2D eigenvalue weighted by molar-refractivity contribution is 7.18. The molecule has 7 nitrogen and oxygen atoms in total. The molecule has 38 heavy (non-hydrogen) atoms. The molecule has 1 aromatic heterocycles. The van der Waals surface area contributed by atoms with E-state index in [0.717, 1.165) is 46.5 Å². The van der Waals surface area contributed by atoms with E-state index in [0.29, 0.717) is 19.4 Å². The zero-order valence-corrected chi connectivity index (χ0v) is 24.2. The Morgan fingerprint density at radius 2 is 1.97 bits per heavy atom. The van der Waals surface area contributed by atoms with Crippen LogP contribution in [0.5, 0.6) is 0 Å². The normalized spacial score (nSPS) is 29.6. The highest BCUT2D eigenvalue weighted by Gasteiger charge is 2.43. The van der Waals surface area contributed by atoms with Gasteiger partial charge >= 0.3 is 5.97 Å². The predicted octanol–water partition coefficient (Wildman–Crippen LogP) is 5.62. The fourth-order valence-electron chi connectivity index (χ4n) is 5.24. The number of fused-ring (bicyclic) bond motifs is 1. The van der Waals surface area contributed by atoms with E-state index in [1.807, 2.05) is 32.0 Å². The molecule has 2 aromatic rings. The first-order chi connectivity index (χ1) is 18.0. The number of aromatic nitrogens is 1. The third kappa shape index (κ3) is 7.29. The van der Waals surface area contributed by atoms with Crippen molar-refractivity contribution in [3.05, 3.63) is 40.4 Å². The standard InChI is InChI=1S/C30H44N2O5S/c1-6-8-21-28(35)19(3)10-7-9-18(2)11-13-23(37-27(34)16-25(33)30(4,5)29(21)36)20-12-14-24-22(15-20)32-26(17-31)38-24/h11-12,14-15,19,21,23,25,28,33,35H,6-10,13,16-17,31H2,1-5H3/b18-11-. The van der Waals surface area contributed by atoms with Crippen LogP contribution in [0.1, 0.15) is 96.2 Å². The highest BCUT2D eigenvalue weighted by atomic mass is 32.1. The molecular formula is C30H44N2O5S. The Labute approximate surface area is 230 Å². The Morgan fingerprint density at radius 3 is 2.66 bits per heavy atom. The van der Waals surface area contributed by atoms with Crippen molar-refractivity contribution in [2.24, 2.45) is 23.0 Å². The molecule has 210 valence electrons. The Hall–Kier alpha value is -2.13. The molecule has 1 aliphatic heterocycles. The van der Waals surface area contributed by atoms with Crippen molar-refractivity contribution < 1.29 is 24.5 Å². The lowest BCUT2D eigenvalue weighted by atomic mass is 9.71. The van der Waals surface area contributed by atoms with Crippen LogP contribution in [0.15, 0.2) is 29.8 Å². The second-order valence-corrected chi connectivity index (χ2v) is 12.5. The summed E-state index contributed by atoms with van der Waals surface area (Å²) in [4.78, 5) is 31.3. The van der Waals surface area contributed by atoms with Gasteiger partial charge in [0.25, 0.3) is 0 Å². The molecule has 0 bridgehead atoms. The summed E-state index contributed by atoms with van der Waals surface area (Å²) in [7, 11) is 0. The number of hydrogen-bond donors (Lipinski definition) is 3. The van der Waals surface area contributed by atoms with Crippen LogP contribution in [0, 0.1) is 17.3 Å². The smallest absolute Gasteiger partial charge is 0.309 e. The number of allylic oxidation sites excluding steroid dienone is 1. The summed E-state index contributed by atoms with van der Waals surface area (Å²) in [6.45, 7) is 9.73. The van der Waals surface area contributed by atoms with Crippen LogP contribution < -0.4 is 5.73 Å². The number of carbonyl (C=O) groups excluding carboxylic acids is 2. The lowest BCUT2D eigenvalue weighted by Crippen LogP contribution is -2.46. The number of hydrogen-bond acceptors (Lipinski definition) is 8. The average Bonchev–Trinajstić information content (AvgIpc) is 3.30. The molecule has 5 unspecified atom stereocenters. The Morgan fingerprint density at radius 1 is 1.24 bits per heavy atom. The number of ether oxygens (including phenoxy) is 1. The number of nitrogens with two attached hydrogens (primary N) is 1. The number of ketones is 1. The molecule has 5 atom stereocenters. The van der Waals surface area contributed by atoms with Crippen molar-refractivity contribution in [2.45, 2.75) is 104 Å². The Kier molecular flexibility index (Phi) is 10.6. The van der Waals surface area contributed by atoms with Gasteiger partial charge in [0.15, 0.2) is 0 Å². The van der Waals surface area contributed by atoms with E-state index in [-0.39, 0.29) is 18.1 Å². The van der Waals surface area contributed by atoms with Gasteiger partial charge in [-0.05, 0) is 56.2 Å². The van der Waals surface area contributed by atoms with Gasteiger partial charge in [-0.2, -0.15) is 0 Å². The molecule has 0 saturated carbocycles. The van der Waals surface area contributed by atoms with Crippen LogP contribution in [0.4, 0.5) is 0 Å². The van der Waals surface area contributed by atoms with Crippen LogP contribution in [0.2, 0.25) is 0 Å². The maximum absolute atomic E-state index is 13.6. The summed E-state index contributed by atoms with van der Waals surface area (Å²) >= 11 is 1.55. The van der Waals surface area contributed by atoms with Gasteiger partial charge in [-0.15, -0.1) is 11.3 Å². The summed E-state index contributed by atoms with van der Waals surface area (Å²) < 4.78 is 6.95. The van der Waals surface area contributed by atoms with Crippen molar-refractivity contribution in [2.75, 3.05) is 0 Å². The monoisotopic (exact) mass is 544 g/mol. The maximum atomic E-state index is 13.6. The molecule has 1 aliphatic rings. The first-order valence-corrected chi connectivity index (χ1v) is 14.6. The van der Waals surface area contributed by atoms with Gasteiger partial charge in [-0.1, -0.05) is 51.8 Å². The van der Waals surface area contributed by atoms with Crippen LogP contribution in [0.25, 0.3) is 10.2 Å². The van der Waals surface area contributed by atoms with E-state index < -0.39 is 35.6 Å². The van der Waals surface area contributed by atoms with Crippen molar-refractivity contribution in [1.29, 1.82) is 0 Å². The molecule has 0 aliphatic carbocycles. The maximum Gasteiger partial charge on any atom is 0.309 e. The molecule has 2 heterocycles. The zero-order valence-electron chi connectivity index (χ0n) is 23.4. The molecule has 4 N–H and O–H groups in total. The van der Waals surface area contributed by atoms with Gasteiger partial charge in [0.2, 0.25) is 0 Å². The summed E-state index contributed by atoms with van der Waals surface area (Å²) in [6.07, 6.45) is 3.55. The summed E-state index contributed by atoms with van der Waals surface area (Å²) in [6, 6.07) is 5.86. The summed E-state index contributed by atoms with van der Waals surface area (Å²) in [5.41, 5.74) is 7.39. The van der Waals surface area contributed by atoms with Gasteiger partial charge in [0.05, 0.1) is 34.3 Å². The molecule has 0 spiro atoms. The van der Waals surface area contributed by atoms with Gasteiger partial charge in [-0.25, -0.2) is 4.98 Å². The quantitative estimate of drug-likeness (QED) is 0.337. The minimum absolute atomic E-state index is 0.0508. The van der Waals surface area contributed by atoms with Crippen LogP contribution in [-0.2, 0) is 20.9 Å². The second kappa shape index (κ2) is 13.3. The molecule has 3 rings (SSSR count). The molecule has 0 saturated heterocycles. The number of aliphatic hydroxyl groups is 2. The van der Waals surface area contributed by atoms with E-state index >= 15 is 0 Å². The predicted molar refractivity (Wildman–Crippen MR) is 152 cm³/mol. The minimum Gasteiger partial charge on any atom is -0.457 e. The van der Waals surface area contributed by atoms with E-state index in [1.54, 1.807) is 25.2 Å². The van der Waals surface area contributed by atoms with Gasteiger partial charge in [-0.3, -0.25) is 9.59 Å². The number of aliphatic hydroxyl groups excluding tert-OH is 2. The third-order valence-corrected chi connectivity index (χ3v) is 9.01. The zero-order chi connectivity index (χ0) is 28.0. The number of cyclic esters (lactones) is 1. The first kappa shape index (κ1) is 30.4. The molecular weight excluding hydrogens is 500 g/mol. The largest absolute Gasteiger partial charge is 0.457 e. The number of rotatable bonds is 4. The topological polar surface area (TPSA) is 123 Å². The fourth-order valence-corrected chi connectivity index (χ4v) is 6.07. The van der Waals surface area contributed by atoms with Gasteiger partial charge in [0.1, 0.15) is 16.9 Å². The number of benzene rings is 1. The molecule has 0 fully saturated rings. The van der Waals surface area contributed by atoms with E-state index in [4.69, 9.17) is 10.5 Å². The fraction of sp³-hybridized carbons (Fsp3) is 0.633. The number of Topliss-reactive ketones (excluding diaryl/α,β-unsaturated/α-hetero) is 1. The summed E-state index contributed by atoms with van der Waals surface area (Å²) in [5, 5.41) is 23.0. The van der Waals surface area contributed by atoms with Crippen molar-refractivity contribution in [3.63, 3.8) is 0 Å². The van der Waals surface area contributed by atoms with Crippen molar-refractivity contribution >= 4 is 33.3 Å². The van der Waals surface area contributed by atoms with E-state index in [1.165, 1.54) is 5.57 Å². The third-order valence-electron chi connectivity index (χ3n) is 7.95. The minimum atomic E-state index is -1.23. The van der Waals surface area contributed by atoms with E-state index in [9.17, 15) is 19.8 Å².